The van der Waals surface area contributed by atoms with E-state index in [4.69, 9.17) is 21.0 Å². The SMILES string of the molecule is C#CC1(c2ccccc2OCCCC(=O)O)CCN(C(=O)[C@]2(Oc3ccc(C(F)(F)F)s3)CCCN(C(=O)c3cnccc3C(F)(F)F)[C@@H]2CCC)CC1. The van der Waals surface area contributed by atoms with Crippen molar-refractivity contribution in [2.75, 3.05) is 26.2 Å². The Labute approximate surface area is 312 Å². The number of alkyl halides is 6. The highest BCUT2D eigenvalue weighted by Crippen LogP contribution is 2.45. The number of hydrogen-bond donors (Lipinski definition) is 1. The van der Waals surface area contributed by atoms with Crippen molar-refractivity contribution in [2.45, 2.75) is 87.7 Å². The molecule has 54 heavy (non-hydrogen) atoms. The zero-order valence-corrected chi connectivity index (χ0v) is 30.2. The van der Waals surface area contributed by atoms with Crippen LogP contribution in [0, 0.1) is 12.3 Å². The Balaban J connectivity index is 1.50. The largest absolute Gasteiger partial charge is 0.493 e. The van der Waals surface area contributed by atoms with Gasteiger partial charge in [-0.2, -0.15) is 26.3 Å². The predicted octanol–water partition coefficient (Wildman–Crippen LogP) is 7.84. The van der Waals surface area contributed by atoms with Crippen molar-refractivity contribution in [3.63, 3.8) is 0 Å². The fourth-order valence-electron chi connectivity index (χ4n) is 7.32. The molecule has 2 saturated heterocycles. The van der Waals surface area contributed by atoms with Crippen LogP contribution in [0.4, 0.5) is 26.3 Å². The number of carbonyl (C=O) groups excluding carboxylic acids is 2. The average molecular weight is 780 g/mol. The first-order chi connectivity index (χ1) is 25.6. The Morgan fingerprint density at radius 2 is 1.74 bits per heavy atom. The molecule has 0 spiro atoms. The summed E-state index contributed by atoms with van der Waals surface area (Å²) in [6, 6.07) is 8.52. The number of aliphatic carboxylic acids is 1. The number of aromatic nitrogens is 1. The fraction of sp³-hybridized carbons (Fsp3) is 0.474. The number of benzene rings is 1. The molecule has 2 amide bonds. The van der Waals surface area contributed by atoms with Gasteiger partial charge in [0, 0.05) is 50.4 Å². The van der Waals surface area contributed by atoms with Crippen LogP contribution >= 0.6 is 11.3 Å². The van der Waals surface area contributed by atoms with Gasteiger partial charge in [0.25, 0.3) is 11.8 Å². The maximum atomic E-state index is 15.0. The van der Waals surface area contributed by atoms with Crippen LogP contribution in [0.3, 0.4) is 0 Å². The topological polar surface area (TPSA) is 109 Å². The van der Waals surface area contributed by atoms with Gasteiger partial charge in [-0.05, 0) is 56.4 Å². The summed E-state index contributed by atoms with van der Waals surface area (Å²) in [5.41, 5.74) is -4.11. The molecule has 0 aliphatic carbocycles. The third kappa shape index (κ3) is 8.46. The van der Waals surface area contributed by atoms with E-state index in [1.54, 1.807) is 31.2 Å². The lowest BCUT2D eigenvalue weighted by molar-refractivity contribution is -0.160. The maximum Gasteiger partial charge on any atom is 0.425 e. The number of carbonyl (C=O) groups is 3. The van der Waals surface area contributed by atoms with Gasteiger partial charge in [-0.25, -0.2) is 0 Å². The van der Waals surface area contributed by atoms with Crippen LogP contribution in [0.5, 0.6) is 10.8 Å². The van der Waals surface area contributed by atoms with Gasteiger partial charge in [-0.15, -0.1) is 6.42 Å². The molecule has 2 aliphatic rings. The Hall–Kier alpha value is -4.78. The molecule has 0 radical (unpaired) electrons. The van der Waals surface area contributed by atoms with E-state index < -0.39 is 63.2 Å². The van der Waals surface area contributed by atoms with Crippen molar-refractivity contribution in [2.24, 2.45) is 0 Å². The normalized spacial score (nSPS) is 20.2. The highest BCUT2D eigenvalue weighted by Gasteiger charge is 2.56. The minimum absolute atomic E-state index is 0.0253. The third-order valence-corrected chi connectivity index (χ3v) is 10.9. The highest BCUT2D eigenvalue weighted by atomic mass is 32.1. The number of terminal acetylenes is 1. The number of amides is 2. The second-order valence-corrected chi connectivity index (χ2v) is 14.3. The standard InChI is InChI=1S/C38H39F6N3O6S/c1-3-9-29-36(53-32-14-13-30(54-32)38(42,43)44,16-8-20-47(29)33(50)25-24-45-19-15-26(25)37(39,40)41)34(51)46-21-17-35(4-2,18-22-46)27-10-5-6-11-28(27)52-23-7-12-31(48)49/h2,5-6,10-11,13-15,19,24,29H,3,7-9,12,16-18,20-23H2,1H3,(H,48,49)/t29-,36+/m1/s1. The molecule has 290 valence electrons. The van der Waals surface area contributed by atoms with Crippen LogP contribution in [0.1, 0.15) is 84.7 Å². The van der Waals surface area contributed by atoms with E-state index in [0.29, 0.717) is 23.8 Å². The number of para-hydroxylation sites is 1. The lowest BCUT2D eigenvalue weighted by Crippen LogP contribution is -2.68. The first-order valence-corrected chi connectivity index (χ1v) is 18.3. The van der Waals surface area contributed by atoms with Crippen LogP contribution in [0.15, 0.2) is 54.9 Å². The molecular formula is C38H39F6N3O6S. The number of hydrogen-bond acceptors (Lipinski definition) is 7. The van der Waals surface area contributed by atoms with E-state index in [-0.39, 0.29) is 87.6 Å². The average Bonchev–Trinajstić information content (AvgIpc) is 3.63. The van der Waals surface area contributed by atoms with E-state index >= 15 is 0 Å². The Morgan fingerprint density at radius 3 is 2.37 bits per heavy atom. The van der Waals surface area contributed by atoms with E-state index in [0.717, 1.165) is 24.5 Å². The molecule has 2 fully saturated rings. The quantitative estimate of drug-likeness (QED) is 0.113. The number of carboxylic acids is 1. The summed E-state index contributed by atoms with van der Waals surface area (Å²) in [4.78, 5) is 45.5. The number of halogens is 6. The van der Waals surface area contributed by atoms with E-state index in [1.807, 2.05) is 0 Å². The van der Waals surface area contributed by atoms with Gasteiger partial charge < -0.3 is 24.4 Å². The molecule has 0 bridgehead atoms. The molecule has 0 unspecified atom stereocenters. The third-order valence-electron chi connectivity index (χ3n) is 9.92. The van der Waals surface area contributed by atoms with Crippen LogP contribution in [0.2, 0.25) is 0 Å². The summed E-state index contributed by atoms with van der Waals surface area (Å²) in [5, 5.41) is 8.77. The Bertz CT molecular complexity index is 1870. The van der Waals surface area contributed by atoms with E-state index in [2.05, 4.69) is 10.9 Å². The lowest BCUT2D eigenvalue weighted by Gasteiger charge is -2.51. The minimum Gasteiger partial charge on any atom is -0.493 e. The van der Waals surface area contributed by atoms with Gasteiger partial charge in [0.2, 0.25) is 5.60 Å². The van der Waals surface area contributed by atoms with Gasteiger partial charge in [-0.1, -0.05) is 48.8 Å². The maximum absolute atomic E-state index is 15.0. The van der Waals surface area contributed by atoms with Crippen LogP contribution < -0.4 is 9.47 Å². The molecule has 3 aromatic rings. The smallest absolute Gasteiger partial charge is 0.425 e. The fourth-order valence-corrected chi connectivity index (χ4v) is 8.12. The Morgan fingerprint density at radius 1 is 1.02 bits per heavy atom. The first-order valence-electron chi connectivity index (χ1n) is 17.5. The zero-order valence-electron chi connectivity index (χ0n) is 29.3. The summed E-state index contributed by atoms with van der Waals surface area (Å²) >= 11 is 0.287. The summed E-state index contributed by atoms with van der Waals surface area (Å²) in [6.07, 6.45) is -0.524. The number of pyridine rings is 1. The minimum atomic E-state index is -4.89. The van der Waals surface area contributed by atoms with Crippen molar-refractivity contribution in [3.8, 4) is 23.2 Å². The molecular weight excluding hydrogens is 740 g/mol. The van der Waals surface area contributed by atoms with Crippen molar-refractivity contribution < 1.29 is 55.3 Å². The van der Waals surface area contributed by atoms with Gasteiger partial charge in [0.1, 0.15) is 10.6 Å². The number of rotatable bonds is 12. The van der Waals surface area contributed by atoms with E-state index in [1.165, 1.54) is 9.80 Å². The summed E-state index contributed by atoms with van der Waals surface area (Å²) in [5.74, 6) is 0.741. The molecule has 5 rings (SSSR count). The van der Waals surface area contributed by atoms with E-state index in [9.17, 15) is 40.7 Å². The predicted molar refractivity (Wildman–Crippen MR) is 186 cm³/mol. The van der Waals surface area contributed by atoms with Crippen molar-refractivity contribution in [1.82, 2.24) is 14.8 Å². The van der Waals surface area contributed by atoms with Crippen LogP contribution in [-0.2, 0) is 27.4 Å². The van der Waals surface area contributed by atoms with Crippen molar-refractivity contribution >= 4 is 29.1 Å². The summed E-state index contributed by atoms with van der Waals surface area (Å²) < 4.78 is 95.5. The number of piperidine rings is 2. The molecule has 4 heterocycles. The molecule has 16 heteroatoms. The first kappa shape index (κ1) is 40.4. The number of thiophene rings is 1. The molecule has 2 aliphatic heterocycles. The summed E-state index contributed by atoms with van der Waals surface area (Å²) in [6.45, 7) is 2.01. The second-order valence-electron chi connectivity index (χ2n) is 13.3. The van der Waals surface area contributed by atoms with Gasteiger partial charge in [0.05, 0.1) is 29.2 Å². The number of likely N-dealkylation sites (tertiary alicyclic amines) is 2. The molecule has 2 aromatic heterocycles. The summed E-state index contributed by atoms with van der Waals surface area (Å²) in [7, 11) is 0. The van der Waals surface area contributed by atoms with Crippen LogP contribution in [-0.4, -0.2) is 75.6 Å². The molecule has 0 saturated carbocycles. The number of nitrogens with zero attached hydrogens (tertiary/aromatic N) is 3. The molecule has 9 nitrogen and oxygen atoms in total. The van der Waals surface area contributed by atoms with Gasteiger partial charge in [0.15, 0.2) is 5.06 Å². The molecule has 1 N–H and O–H groups in total. The number of carboxylic acid groups (broad SMARTS) is 1. The molecule has 2 atom stereocenters. The Kier molecular flexibility index (Phi) is 12.2. The van der Waals surface area contributed by atoms with Gasteiger partial charge >= 0.3 is 18.3 Å². The highest BCUT2D eigenvalue weighted by molar-refractivity contribution is 7.13. The second kappa shape index (κ2) is 16.3. The van der Waals surface area contributed by atoms with Crippen LogP contribution in [0.25, 0.3) is 0 Å². The molecule has 1 aromatic carbocycles. The monoisotopic (exact) mass is 779 g/mol. The van der Waals surface area contributed by atoms with Gasteiger partial charge in [-0.3, -0.25) is 19.4 Å². The lowest BCUT2D eigenvalue weighted by atomic mass is 9.72. The van der Waals surface area contributed by atoms with Crippen molar-refractivity contribution in [1.29, 1.82) is 0 Å². The zero-order chi connectivity index (χ0) is 39.3. The number of ether oxygens (including phenoxy) is 2. The van der Waals surface area contributed by atoms with Crippen molar-refractivity contribution in [3.05, 3.63) is 76.4 Å².